The number of rotatable bonds is 9. The number of hydrogen-bond acceptors (Lipinski definition) is 6. The lowest BCUT2D eigenvalue weighted by Gasteiger charge is -2.24. The fourth-order valence-electron chi connectivity index (χ4n) is 2.52. The highest BCUT2D eigenvalue weighted by molar-refractivity contribution is 5.68. The van der Waals surface area contributed by atoms with Crippen molar-refractivity contribution in [1.82, 2.24) is 9.97 Å². The van der Waals surface area contributed by atoms with E-state index in [0.717, 1.165) is 0 Å². The van der Waals surface area contributed by atoms with E-state index in [1.807, 2.05) is 0 Å². The maximum absolute atomic E-state index is 13.5. The second-order valence-corrected chi connectivity index (χ2v) is 5.78. The molecule has 2 N–H and O–H groups in total. The summed E-state index contributed by atoms with van der Waals surface area (Å²) in [7, 11) is 1.39. The highest BCUT2D eigenvalue weighted by atomic mass is 19.4. The monoisotopic (exact) mass is 399 g/mol. The maximum atomic E-state index is 13.5. The number of halogens is 3. The van der Waals surface area contributed by atoms with Gasteiger partial charge in [-0.1, -0.05) is 12.1 Å². The summed E-state index contributed by atoms with van der Waals surface area (Å²) in [6.45, 7) is 1.35. The van der Waals surface area contributed by atoms with Gasteiger partial charge in [0.15, 0.2) is 6.10 Å². The molecule has 0 saturated carbocycles. The minimum absolute atomic E-state index is 0.114. The minimum Gasteiger partial charge on any atom is -0.481 e. The topological polar surface area (TPSA) is 93.6 Å². The van der Waals surface area contributed by atoms with E-state index in [1.54, 1.807) is 0 Å². The lowest BCUT2D eigenvalue weighted by Crippen LogP contribution is -2.24. The van der Waals surface area contributed by atoms with Crippen LogP contribution in [0, 0.1) is 0 Å². The molecule has 10 heteroatoms. The molecular formula is C18H20F3N3O4. The molecule has 7 nitrogen and oxygen atoms in total. The molecule has 0 aliphatic rings. The molecule has 1 heterocycles. The van der Waals surface area contributed by atoms with Gasteiger partial charge in [-0.25, -0.2) is 9.97 Å². The molecule has 0 saturated heterocycles. The van der Waals surface area contributed by atoms with Crippen molar-refractivity contribution in [3.63, 3.8) is 0 Å². The van der Waals surface area contributed by atoms with Gasteiger partial charge in [-0.05, 0) is 25.0 Å². The summed E-state index contributed by atoms with van der Waals surface area (Å²) in [5.41, 5.74) is 0.923. The van der Waals surface area contributed by atoms with Crippen molar-refractivity contribution in [2.24, 2.45) is 0 Å². The molecule has 0 spiro atoms. The Morgan fingerprint density at radius 3 is 2.50 bits per heavy atom. The molecule has 152 valence electrons. The third kappa shape index (κ3) is 5.81. The number of methoxy groups -OCH3 is 1. The summed E-state index contributed by atoms with van der Waals surface area (Å²) in [4.78, 5) is 18.6. The van der Waals surface area contributed by atoms with Crippen LogP contribution in [0.1, 0.15) is 30.6 Å². The number of carboxylic acid groups (broad SMARTS) is 1. The van der Waals surface area contributed by atoms with E-state index in [1.165, 1.54) is 44.6 Å². The minimum atomic E-state index is -4.62. The van der Waals surface area contributed by atoms with Crippen LogP contribution in [0.4, 0.5) is 24.5 Å². The van der Waals surface area contributed by atoms with E-state index >= 15 is 0 Å². The van der Waals surface area contributed by atoms with Gasteiger partial charge >= 0.3 is 18.2 Å². The number of benzene rings is 1. The van der Waals surface area contributed by atoms with Gasteiger partial charge in [0.1, 0.15) is 0 Å². The van der Waals surface area contributed by atoms with E-state index in [-0.39, 0.29) is 36.7 Å². The van der Waals surface area contributed by atoms with Gasteiger partial charge < -0.3 is 19.9 Å². The Labute approximate surface area is 159 Å². The Morgan fingerprint density at radius 2 is 1.96 bits per heavy atom. The molecule has 0 radical (unpaired) electrons. The summed E-state index contributed by atoms with van der Waals surface area (Å²) in [5.74, 6) is -0.996. The van der Waals surface area contributed by atoms with Crippen LogP contribution in [0.25, 0.3) is 0 Å². The lowest BCUT2D eigenvalue weighted by atomic mass is 10.0. The van der Waals surface area contributed by atoms with Crippen LogP contribution in [0.15, 0.2) is 30.6 Å². The van der Waals surface area contributed by atoms with Gasteiger partial charge in [-0.15, -0.1) is 0 Å². The van der Waals surface area contributed by atoms with Gasteiger partial charge in [-0.3, -0.25) is 4.79 Å². The van der Waals surface area contributed by atoms with Crippen LogP contribution < -0.4 is 10.1 Å². The number of anilines is 2. The molecular weight excluding hydrogens is 379 g/mol. The number of aliphatic carboxylic acids is 1. The first kappa shape index (κ1) is 21.4. The van der Waals surface area contributed by atoms with Gasteiger partial charge in [-0.2, -0.15) is 13.2 Å². The van der Waals surface area contributed by atoms with Crippen molar-refractivity contribution in [2.75, 3.05) is 19.0 Å². The maximum Gasteiger partial charge on any atom is 0.418 e. The lowest BCUT2D eigenvalue weighted by molar-refractivity contribution is -0.222. The average molecular weight is 399 g/mol. The summed E-state index contributed by atoms with van der Waals surface area (Å²) in [6.07, 6.45) is -3.99. The Kier molecular flexibility index (Phi) is 7.16. The normalized spacial score (nSPS) is 12.5. The fraction of sp³-hybridized carbons (Fsp3) is 0.389. The van der Waals surface area contributed by atoms with Gasteiger partial charge in [0.25, 0.3) is 0 Å². The molecule has 28 heavy (non-hydrogen) atoms. The molecule has 0 amide bonds. The van der Waals surface area contributed by atoms with Crippen molar-refractivity contribution < 1.29 is 32.5 Å². The molecule has 0 aliphatic carbocycles. The molecule has 1 atom stereocenters. The van der Waals surface area contributed by atoms with Gasteiger partial charge in [0.05, 0.1) is 25.2 Å². The van der Waals surface area contributed by atoms with Gasteiger partial charge in [0, 0.05) is 24.3 Å². The number of aromatic nitrogens is 2. The van der Waals surface area contributed by atoms with E-state index < -0.39 is 18.2 Å². The van der Waals surface area contributed by atoms with E-state index in [4.69, 9.17) is 14.6 Å². The predicted molar refractivity (Wildman–Crippen MR) is 94.7 cm³/mol. The second kappa shape index (κ2) is 9.36. The molecule has 2 rings (SSSR count). The Balaban J connectivity index is 2.42. The summed E-state index contributed by atoms with van der Waals surface area (Å²) < 4.78 is 50.3. The Morgan fingerprint density at radius 1 is 1.29 bits per heavy atom. The van der Waals surface area contributed by atoms with Crippen molar-refractivity contribution in [2.45, 2.75) is 32.0 Å². The summed E-state index contributed by atoms with van der Waals surface area (Å²) >= 11 is 0. The van der Waals surface area contributed by atoms with Crippen molar-refractivity contribution in [3.05, 3.63) is 41.7 Å². The number of carbonyl (C=O) groups is 1. The Bertz CT molecular complexity index is 798. The van der Waals surface area contributed by atoms with E-state index in [9.17, 15) is 18.0 Å². The molecule has 0 unspecified atom stereocenters. The zero-order valence-electron chi connectivity index (χ0n) is 15.3. The largest absolute Gasteiger partial charge is 0.481 e. The summed E-state index contributed by atoms with van der Waals surface area (Å²) in [5, 5.41) is 11.7. The van der Waals surface area contributed by atoms with Crippen LogP contribution in [-0.2, 0) is 16.0 Å². The van der Waals surface area contributed by atoms with Crippen molar-refractivity contribution in [3.8, 4) is 6.01 Å². The number of alkyl halides is 3. The molecule has 1 aromatic heterocycles. The van der Waals surface area contributed by atoms with Crippen LogP contribution in [0.2, 0.25) is 0 Å². The first-order chi connectivity index (χ1) is 13.2. The highest BCUT2D eigenvalue weighted by Gasteiger charge is 2.42. The quantitative estimate of drug-likeness (QED) is 0.661. The number of aryl methyl sites for hydroxylation is 1. The molecule has 2 aromatic rings. The van der Waals surface area contributed by atoms with Crippen molar-refractivity contribution in [1.29, 1.82) is 0 Å². The highest BCUT2D eigenvalue weighted by Crippen LogP contribution is 2.40. The van der Waals surface area contributed by atoms with E-state index in [0.29, 0.717) is 11.3 Å². The zero-order chi connectivity index (χ0) is 20.7. The third-order valence-corrected chi connectivity index (χ3v) is 3.75. The number of carboxylic acids is 1. The number of nitrogens with one attached hydrogen (secondary N) is 1. The zero-order valence-corrected chi connectivity index (χ0v) is 15.3. The SMILES string of the molecule is CCO[C@H](c1ccc(CCC(=O)O)cc1Nc1cnc(OC)nc1)C(F)(F)F. The first-order valence-electron chi connectivity index (χ1n) is 8.40. The Hall–Kier alpha value is -2.88. The standard InChI is InChI=1S/C18H20F3N3O4/c1-3-28-16(18(19,20)21)13-6-4-11(5-7-15(25)26)8-14(13)24-12-9-22-17(27-2)23-10-12/h4,6,8-10,16,24H,3,5,7H2,1-2H3,(H,25,26)/t16-/m1/s1. The number of nitrogens with zero attached hydrogens (tertiary/aromatic N) is 2. The molecule has 0 fully saturated rings. The van der Waals surface area contributed by atoms with Crippen LogP contribution >= 0.6 is 0 Å². The van der Waals surface area contributed by atoms with E-state index in [2.05, 4.69) is 15.3 Å². The fourth-order valence-corrected chi connectivity index (χ4v) is 2.52. The molecule has 1 aromatic carbocycles. The second-order valence-electron chi connectivity index (χ2n) is 5.78. The number of hydrogen-bond donors (Lipinski definition) is 2. The molecule has 0 aliphatic heterocycles. The predicted octanol–water partition coefficient (Wildman–Crippen LogP) is 3.89. The van der Waals surface area contributed by atoms with Crippen molar-refractivity contribution >= 4 is 17.3 Å². The third-order valence-electron chi connectivity index (χ3n) is 3.75. The smallest absolute Gasteiger partial charge is 0.418 e. The number of ether oxygens (including phenoxy) is 2. The summed E-state index contributed by atoms with van der Waals surface area (Å²) in [6, 6.07) is 4.34. The van der Waals surface area contributed by atoms with Crippen LogP contribution in [0.5, 0.6) is 6.01 Å². The average Bonchev–Trinajstić information content (AvgIpc) is 2.65. The van der Waals surface area contributed by atoms with Gasteiger partial charge in [0.2, 0.25) is 0 Å². The molecule has 0 bridgehead atoms. The van der Waals surface area contributed by atoms with Crippen LogP contribution in [0.3, 0.4) is 0 Å². The van der Waals surface area contributed by atoms with Crippen LogP contribution in [-0.4, -0.2) is 40.9 Å². The first-order valence-corrected chi connectivity index (χ1v) is 8.40.